The molecule has 0 aliphatic carbocycles. The van der Waals surface area contributed by atoms with E-state index in [4.69, 9.17) is 5.73 Å². The molecule has 0 saturated carbocycles. The highest BCUT2D eigenvalue weighted by molar-refractivity contribution is 5.93. The molecule has 238 valence electrons. The number of piperazine rings is 1. The number of rotatable bonds is 5. The lowest BCUT2D eigenvalue weighted by atomic mass is 9.95. The number of fused-ring (bicyclic) bond motifs is 1. The van der Waals surface area contributed by atoms with Crippen molar-refractivity contribution >= 4 is 34.1 Å². The van der Waals surface area contributed by atoms with E-state index < -0.39 is 57.8 Å². The number of benzene rings is 1. The van der Waals surface area contributed by atoms with Crippen molar-refractivity contribution in [3.63, 3.8) is 0 Å². The Kier molecular flexibility index (Phi) is 8.19. The van der Waals surface area contributed by atoms with Gasteiger partial charge in [0.1, 0.15) is 11.5 Å². The Labute approximate surface area is 255 Å². The van der Waals surface area contributed by atoms with Crippen LogP contribution in [0.5, 0.6) is 0 Å². The van der Waals surface area contributed by atoms with Gasteiger partial charge in [-0.25, -0.2) is 36.3 Å². The number of allylic oxidation sites excluding steroid dienone is 2. The lowest BCUT2D eigenvalue weighted by Crippen LogP contribution is -2.58. The Bertz CT molecular complexity index is 1830. The zero-order valence-electron chi connectivity index (χ0n) is 25.3. The van der Waals surface area contributed by atoms with E-state index in [-0.39, 0.29) is 53.8 Å². The first-order valence-corrected chi connectivity index (χ1v) is 14.3. The quantitative estimate of drug-likeness (QED) is 0.138. The smallest absolute Gasteiger partial charge is 0.355 e. The fraction of sp³-hybridized carbons (Fsp3) is 0.355. The Hall–Kier alpha value is -4.75. The summed E-state index contributed by atoms with van der Waals surface area (Å²) in [5, 5.41) is 3.22. The van der Waals surface area contributed by atoms with Gasteiger partial charge in [0.2, 0.25) is 5.91 Å². The number of nitrogens with one attached hydrogen (secondary N) is 1. The summed E-state index contributed by atoms with van der Waals surface area (Å²) in [6.45, 7) is 13.1. The molecule has 9 nitrogen and oxygen atoms in total. The summed E-state index contributed by atoms with van der Waals surface area (Å²) in [6.07, 6.45) is 4.63. The minimum Gasteiger partial charge on any atom is -0.396 e. The molecule has 14 heteroatoms. The zero-order chi connectivity index (χ0) is 33.1. The van der Waals surface area contributed by atoms with E-state index in [2.05, 4.69) is 21.9 Å². The largest absolute Gasteiger partial charge is 0.396 e. The van der Waals surface area contributed by atoms with Crippen LogP contribution in [0.4, 0.5) is 33.5 Å². The van der Waals surface area contributed by atoms with Gasteiger partial charge < -0.3 is 20.9 Å². The molecule has 3 aromatic rings. The Morgan fingerprint density at radius 2 is 1.69 bits per heavy atom. The third kappa shape index (κ3) is 5.11. The molecule has 45 heavy (non-hydrogen) atoms. The van der Waals surface area contributed by atoms with Gasteiger partial charge in [-0.3, -0.25) is 4.79 Å². The van der Waals surface area contributed by atoms with E-state index in [0.29, 0.717) is 11.3 Å². The van der Waals surface area contributed by atoms with Crippen LogP contribution in [0.3, 0.4) is 0 Å². The van der Waals surface area contributed by atoms with Crippen LogP contribution in [0, 0.1) is 35.0 Å². The van der Waals surface area contributed by atoms with Gasteiger partial charge in [0, 0.05) is 25.2 Å². The van der Waals surface area contributed by atoms with Gasteiger partial charge in [0.05, 0.1) is 28.4 Å². The highest BCUT2D eigenvalue weighted by Gasteiger charge is 2.35. The fourth-order valence-electron chi connectivity index (χ4n) is 6.16. The van der Waals surface area contributed by atoms with E-state index >= 15 is 8.78 Å². The van der Waals surface area contributed by atoms with E-state index in [1.54, 1.807) is 42.8 Å². The molecule has 2 aliphatic heterocycles. The molecule has 3 atom stereocenters. The maximum atomic E-state index is 15.9. The van der Waals surface area contributed by atoms with Crippen LogP contribution in [-0.2, 0) is 4.79 Å². The maximum Gasteiger partial charge on any atom is 0.355 e. The van der Waals surface area contributed by atoms with Gasteiger partial charge in [-0.1, -0.05) is 20.4 Å². The summed E-state index contributed by atoms with van der Waals surface area (Å²) in [5.41, 5.74) is 2.43. The molecule has 1 aromatic carbocycles. The summed E-state index contributed by atoms with van der Waals surface area (Å²) in [6, 6.07) is -0.248. The molecule has 0 radical (unpaired) electrons. The summed E-state index contributed by atoms with van der Waals surface area (Å²) in [5.74, 6) is -9.77. The van der Waals surface area contributed by atoms with E-state index in [1.807, 2.05) is 13.8 Å². The molecule has 0 unspecified atom stereocenters. The van der Waals surface area contributed by atoms with Crippen molar-refractivity contribution in [2.24, 2.45) is 5.92 Å². The van der Waals surface area contributed by atoms with Crippen LogP contribution >= 0.6 is 0 Å². The molecule has 5 rings (SSSR count). The highest BCUT2D eigenvalue weighted by atomic mass is 19.2. The molecule has 4 heterocycles. The van der Waals surface area contributed by atoms with Crippen molar-refractivity contribution in [2.75, 3.05) is 23.7 Å². The van der Waals surface area contributed by atoms with Gasteiger partial charge in [-0.05, 0) is 56.7 Å². The number of halogens is 5. The van der Waals surface area contributed by atoms with Crippen molar-refractivity contribution in [1.29, 1.82) is 0 Å². The molecule has 1 amide bonds. The highest BCUT2D eigenvalue weighted by Crippen LogP contribution is 2.38. The third-order valence-electron chi connectivity index (χ3n) is 8.20. The molecular formula is C31H32F5N7O2. The second-order valence-electron chi connectivity index (χ2n) is 11.6. The number of anilines is 2. The van der Waals surface area contributed by atoms with Crippen LogP contribution in [0.25, 0.3) is 28.0 Å². The maximum absolute atomic E-state index is 15.9. The number of nitrogen functional groups attached to an aromatic ring is 1. The standard InChI is InChI=1S/C31H32F5N7O2/c1-7-19(44)42-15(5)11-41(12-16(42)6)29-17-10-18(32)27(20-21(33)22(34)23(35)24(36)25(20)37)39-30(17)43(31(45)40-29)28-14(4)8-9-38-26(28)13(2)3/h7-10,13,15-16,26,38H,1,11-12,37H2,2-6H3/t15-,16+,26-/m1/s1. The first-order chi connectivity index (χ1) is 21.2. The van der Waals surface area contributed by atoms with Crippen molar-refractivity contribution in [3.8, 4) is 11.3 Å². The number of carbonyl (C=O) groups excluding carboxylic acids is 1. The van der Waals surface area contributed by atoms with E-state index in [1.165, 1.54) is 6.08 Å². The lowest BCUT2D eigenvalue weighted by Gasteiger charge is -2.44. The van der Waals surface area contributed by atoms with Gasteiger partial charge in [0.15, 0.2) is 34.7 Å². The van der Waals surface area contributed by atoms with Crippen LogP contribution in [0.1, 0.15) is 34.6 Å². The number of amides is 1. The van der Waals surface area contributed by atoms with Crippen molar-refractivity contribution in [3.05, 3.63) is 76.1 Å². The summed E-state index contributed by atoms with van der Waals surface area (Å²) in [4.78, 5) is 38.4. The molecule has 2 aliphatic rings. The number of nitrogens with zero attached hydrogens (tertiary/aromatic N) is 5. The number of hydrogen-bond acceptors (Lipinski definition) is 7. The number of pyridine rings is 1. The van der Waals surface area contributed by atoms with Gasteiger partial charge in [-0.2, -0.15) is 4.98 Å². The monoisotopic (exact) mass is 629 g/mol. The minimum absolute atomic E-state index is 0.0261. The number of nitrogens with two attached hydrogens (primary N) is 1. The number of carbonyl (C=O) groups is 1. The Balaban J connectivity index is 1.85. The second-order valence-corrected chi connectivity index (χ2v) is 11.6. The topological polar surface area (TPSA) is 109 Å². The molecule has 3 N–H and O–H groups in total. The van der Waals surface area contributed by atoms with E-state index in [0.717, 1.165) is 10.6 Å². The number of aromatic nitrogens is 3. The van der Waals surface area contributed by atoms with Gasteiger partial charge in [0.25, 0.3) is 0 Å². The van der Waals surface area contributed by atoms with Crippen LogP contribution < -0.4 is 21.6 Å². The Morgan fingerprint density at radius 3 is 2.29 bits per heavy atom. The predicted octanol–water partition coefficient (Wildman–Crippen LogP) is 4.72. The zero-order valence-corrected chi connectivity index (χ0v) is 25.3. The molecule has 0 spiro atoms. The molecular weight excluding hydrogens is 597 g/mol. The van der Waals surface area contributed by atoms with Gasteiger partial charge >= 0.3 is 5.69 Å². The minimum atomic E-state index is -2.19. The Morgan fingerprint density at radius 1 is 1.07 bits per heavy atom. The van der Waals surface area contributed by atoms with Crippen molar-refractivity contribution < 1.29 is 26.7 Å². The summed E-state index contributed by atoms with van der Waals surface area (Å²) >= 11 is 0. The number of hydrogen-bond donors (Lipinski definition) is 2. The third-order valence-corrected chi connectivity index (χ3v) is 8.20. The van der Waals surface area contributed by atoms with Gasteiger partial charge in [-0.15, -0.1) is 0 Å². The molecule has 1 saturated heterocycles. The fourth-order valence-corrected chi connectivity index (χ4v) is 6.16. The van der Waals surface area contributed by atoms with Crippen LogP contribution in [-0.4, -0.2) is 56.6 Å². The first-order valence-electron chi connectivity index (χ1n) is 14.3. The van der Waals surface area contributed by atoms with Crippen molar-refractivity contribution in [2.45, 2.75) is 52.7 Å². The summed E-state index contributed by atoms with van der Waals surface area (Å²) < 4.78 is 75.0. The van der Waals surface area contributed by atoms with E-state index in [9.17, 15) is 22.8 Å². The molecule has 0 bridgehead atoms. The average molecular weight is 630 g/mol. The normalized spacial score (nSPS) is 20.3. The lowest BCUT2D eigenvalue weighted by molar-refractivity contribution is -0.130. The first kappa shape index (κ1) is 31.7. The predicted molar refractivity (Wildman–Crippen MR) is 161 cm³/mol. The average Bonchev–Trinajstić information content (AvgIpc) is 2.99. The van der Waals surface area contributed by atoms with Crippen LogP contribution in [0.15, 0.2) is 41.4 Å². The van der Waals surface area contributed by atoms with Crippen molar-refractivity contribution in [1.82, 2.24) is 24.8 Å². The number of dihydropyridines is 1. The SMILES string of the molecule is C=CC(=O)N1[C@H](C)CN(c2nc(=O)n(C3=C(C)C=CN[C@@H]3C(C)C)c3nc(-c4c(N)c(F)c(F)c(F)c4F)c(F)cc23)C[C@@H]1C. The molecule has 2 aromatic heterocycles. The second kappa shape index (κ2) is 11.6. The summed E-state index contributed by atoms with van der Waals surface area (Å²) in [7, 11) is 0. The molecule has 1 fully saturated rings. The van der Waals surface area contributed by atoms with Crippen LogP contribution in [0.2, 0.25) is 0 Å².